The average Bonchev–Trinajstić information content (AvgIpc) is 2.70. The molecule has 0 bridgehead atoms. The molecule has 0 radical (unpaired) electrons. The maximum absolute atomic E-state index is 12.6. The van der Waals surface area contributed by atoms with Crippen molar-refractivity contribution in [3.05, 3.63) is 22.7 Å². The molecule has 1 aromatic carbocycles. The van der Waals surface area contributed by atoms with E-state index in [1.165, 1.54) is 13.2 Å². The summed E-state index contributed by atoms with van der Waals surface area (Å²) < 4.78 is 36.3. The largest absolute Gasteiger partial charge is 0.496 e. The lowest BCUT2D eigenvalue weighted by molar-refractivity contribution is -0.145. The Morgan fingerprint density at radius 2 is 1.91 bits per heavy atom. The number of piperidine rings is 1. The fourth-order valence-corrected chi connectivity index (χ4v) is 3.14. The Bertz CT molecular complexity index is 864. The first-order valence-corrected chi connectivity index (χ1v) is 12.4. The summed E-state index contributed by atoms with van der Waals surface area (Å²) >= 11 is 6.03. The predicted molar refractivity (Wildman–Crippen MR) is 123 cm³/mol. The Morgan fingerprint density at radius 3 is 2.44 bits per heavy atom. The Balaban J connectivity index is 0.000000920. The molecule has 10 nitrogen and oxygen atoms in total. The number of nitrogens with one attached hydrogen (secondary N) is 1. The maximum atomic E-state index is 12.6. The number of carbonyl (C=O) groups excluding carboxylic acids is 2. The van der Waals surface area contributed by atoms with Crippen LogP contribution in [0.3, 0.4) is 0 Å². The number of ether oxygens (including phenoxy) is 2. The number of benzene rings is 1. The zero-order valence-electron chi connectivity index (χ0n) is 18.6. The van der Waals surface area contributed by atoms with Crippen LogP contribution in [0.15, 0.2) is 12.1 Å². The summed E-state index contributed by atoms with van der Waals surface area (Å²) in [7, 11) is -2.18. The van der Waals surface area contributed by atoms with Crippen molar-refractivity contribution in [1.29, 1.82) is 0 Å². The molecule has 1 aliphatic heterocycles. The van der Waals surface area contributed by atoms with E-state index in [4.69, 9.17) is 31.4 Å². The van der Waals surface area contributed by atoms with Crippen molar-refractivity contribution in [2.75, 3.05) is 45.3 Å². The molecule has 1 heterocycles. The molecule has 1 saturated heterocycles. The van der Waals surface area contributed by atoms with Crippen molar-refractivity contribution in [2.24, 2.45) is 0 Å². The summed E-state index contributed by atoms with van der Waals surface area (Å²) in [6.45, 7) is 4.29. The van der Waals surface area contributed by atoms with Crippen molar-refractivity contribution >= 4 is 39.3 Å². The van der Waals surface area contributed by atoms with Crippen LogP contribution in [0.25, 0.3) is 0 Å². The molecule has 0 aliphatic carbocycles. The highest BCUT2D eigenvalue weighted by molar-refractivity contribution is 7.85. The molecular formula is C20H32ClN3O7S. The molecule has 0 aromatic heterocycles. The second-order valence-electron chi connectivity index (χ2n) is 7.40. The van der Waals surface area contributed by atoms with Gasteiger partial charge in [0.25, 0.3) is 16.0 Å². The first-order valence-electron chi connectivity index (χ1n) is 10.2. The maximum Gasteiger partial charge on any atom is 0.320 e. The van der Waals surface area contributed by atoms with Crippen LogP contribution in [0.1, 0.15) is 43.0 Å². The molecule has 1 aliphatic rings. The highest BCUT2D eigenvalue weighted by Gasteiger charge is 2.24. The Labute approximate surface area is 194 Å². The van der Waals surface area contributed by atoms with Crippen LogP contribution in [0.2, 0.25) is 5.02 Å². The molecule has 0 saturated carbocycles. The van der Waals surface area contributed by atoms with E-state index in [1.54, 1.807) is 6.07 Å². The first-order chi connectivity index (χ1) is 14.9. The van der Waals surface area contributed by atoms with Gasteiger partial charge >= 0.3 is 5.97 Å². The van der Waals surface area contributed by atoms with Gasteiger partial charge in [-0.15, -0.1) is 0 Å². The van der Waals surface area contributed by atoms with Gasteiger partial charge in [0.2, 0.25) is 0 Å². The fraction of sp³-hybridized carbons (Fsp3) is 0.600. The van der Waals surface area contributed by atoms with Gasteiger partial charge < -0.3 is 20.5 Å². The predicted octanol–water partition coefficient (Wildman–Crippen LogP) is 1.97. The van der Waals surface area contributed by atoms with E-state index >= 15 is 0 Å². The van der Waals surface area contributed by atoms with Gasteiger partial charge in [-0.3, -0.25) is 19.0 Å². The van der Waals surface area contributed by atoms with Crippen molar-refractivity contribution in [3.63, 3.8) is 0 Å². The fourth-order valence-electron chi connectivity index (χ4n) is 2.97. The van der Waals surface area contributed by atoms with Crippen LogP contribution in [0.5, 0.6) is 5.75 Å². The summed E-state index contributed by atoms with van der Waals surface area (Å²) in [4.78, 5) is 26.4. The smallest absolute Gasteiger partial charge is 0.320 e. The molecule has 2 rings (SSSR count). The van der Waals surface area contributed by atoms with Gasteiger partial charge in [0.05, 0.1) is 42.8 Å². The SMILES string of the molecule is CCCCOC(=O)CN1CCC(NC(=O)c2cc(Cl)c(N)cc2OC)CC1.CS(=O)(=O)O. The lowest BCUT2D eigenvalue weighted by Gasteiger charge is -2.31. The second-order valence-corrected chi connectivity index (χ2v) is 9.28. The first kappa shape index (κ1) is 28.0. The van der Waals surface area contributed by atoms with E-state index < -0.39 is 10.1 Å². The zero-order chi connectivity index (χ0) is 24.3. The zero-order valence-corrected chi connectivity index (χ0v) is 20.2. The number of likely N-dealkylation sites (tertiary alicyclic amines) is 1. The third kappa shape index (κ3) is 11.0. The van der Waals surface area contributed by atoms with E-state index in [0.717, 1.165) is 38.8 Å². The van der Waals surface area contributed by atoms with E-state index in [9.17, 15) is 18.0 Å². The molecule has 1 fully saturated rings. The Morgan fingerprint density at radius 1 is 1.31 bits per heavy atom. The number of nitrogen functional groups attached to an aromatic ring is 1. The number of unbranched alkanes of at least 4 members (excludes halogenated alkanes) is 1. The molecule has 12 heteroatoms. The molecular weight excluding hydrogens is 462 g/mol. The van der Waals surface area contributed by atoms with Crippen LogP contribution in [-0.4, -0.2) is 75.4 Å². The average molecular weight is 494 g/mol. The number of rotatable bonds is 8. The van der Waals surface area contributed by atoms with Gasteiger partial charge in [0.15, 0.2) is 0 Å². The van der Waals surface area contributed by atoms with Crippen molar-refractivity contribution in [1.82, 2.24) is 10.2 Å². The van der Waals surface area contributed by atoms with Crippen LogP contribution in [-0.2, 0) is 19.6 Å². The summed E-state index contributed by atoms with van der Waals surface area (Å²) in [5, 5.41) is 3.33. The number of amides is 1. The van der Waals surface area contributed by atoms with Gasteiger partial charge in [0.1, 0.15) is 5.75 Å². The van der Waals surface area contributed by atoms with Gasteiger partial charge in [-0.25, -0.2) is 0 Å². The van der Waals surface area contributed by atoms with Crippen molar-refractivity contribution in [2.45, 2.75) is 38.6 Å². The number of hydrogen-bond acceptors (Lipinski definition) is 8. The normalized spacial score (nSPS) is 14.8. The quantitative estimate of drug-likeness (QED) is 0.214. The minimum Gasteiger partial charge on any atom is -0.496 e. The van der Waals surface area contributed by atoms with Crippen LogP contribution in [0.4, 0.5) is 5.69 Å². The molecule has 1 amide bonds. The highest BCUT2D eigenvalue weighted by atomic mass is 35.5. The summed E-state index contributed by atoms with van der Waals surface area (Å²) in [5.74, 6) is -0.0416. The number of nitrogens with two attached hydrogens (primary N) is 1. The van der Waals surface area contributed by atoms with Gasteiger partial charge in [-0.1, -0.05) is 24.9 Å². The lowest BCUT2D eigenvalue weighted by atomic mass is 10.0. The molecule has 1 aromatic rings. The highest BCUT2D eigenvalue weighted by Crippen LogP contribution is 2.29. The number of carbonyl (C=O) groups is 2. The summed E-state index contributed by atoms with van der Waals surface area (Å²) in [6, 6.07) is 3.10. The topological polar surface area (TPSA) is 148 Å². The van der Waals surface area contributed by atoms with Gasteiger partial charge in [0, 0.05) is 25.2 Å². The van der Waals surface area contributed by atoms with Crippen LogP contribution >= 0.6 is 11.6 Å². The molecule has 0 spiro atoms. The molecule has 0 atom stereocenters. The van der Waals surface area contributed by atoms with Gasteiger partial charge in [-0.2, -0.15) is 8.42 Å². The third-order valence-electron chi connectivity index (χ3n) is 4.60. The number of halogens is 1. The van der Waals surface area contributed by atoms with Crippen molar-refractivity contribution < 1.29 is 32.0 Å². The van der Waals surface area contributed by atoms with E-state index in [2.05, 4.69) is 17.1 Å². The number of hydrogen-bond donors (Lipinski definition) is 3. The molecule has 32 heavy (non-hydrogen) atoms. The monoisotopic (exact) mass is 493 g/mol. The number of esters is 1. The van der Waals surface area contributed by atoms with Gasteiger partial charge in [-0.05, 0) is 25.3 Å². The summed E-state index contributed by atoms with van der Waals surface area (Å²) in [5.41, 5.74) is 6.48. The number of nitrogens with zero attached hydrogens (tertiary/aromatic N) is 1. The van der Waals surface area contributed by atoms with E-state index in [-0.39, 0.29) is 17.9 Å². The second kappa shape index (κ2) is 13.5. The van der Waals surface area contributed by atoms with Crippen LogP contribution in [0, 0.1) is 0 Å². The van der Waals surface area contributed by atoms with Crippen molar-refractivity contribution in [3.8, 4) is 5.75 Å². The molecule has 4 N–H and O–H groups in total. The van der Waals surface area contributed by atoms with Crippen LogP contribution < -0.4 is 15.8 Å². The number of anilines is 1. The Kier molecular flexibility index (Phi) is 11.8. The minimum atomic E-state index is -3.67. The van der Waals surface area contributed by atoms with E-state index in [0.29, 0.717) is 41.4 Å². The Hall–Kier alpha value is -2.08. The molecule has 182 valence electrons. The minimum absolute atomic E-state index is 0.0332. The third-order valence-corrected chi connectivity index (χ3v) is 4.93. The number of methoxy groups -OCH3 is 1. The van der Waals surface area contributed by atoms with E-state index in [1.807, 2.05) is 0 Å². The lowest BCUT2D eigenvalue weighted by Crippen LogP contribution is -2.46. The molecule has 0 unspecified atom stereocenters. The summed E-state index contributed by atoms with van der Waals surface area (Å²) in [6.07, 6.45) is 4.13. The standard InChI is InChI=1S/C19H28ClN3O4.CH4O3S/c1-3-4-9-27-18(24)12-23-7-5-13(6-8-23)22-19(25)14-10-15(20)16(21)11-17(14)26-2;1-5(2,3)4/h10-11,13H,3-9,12,21H2,1-2H3,(H,22,25);1H3,(H,2,3,4).